The molecule has 1 fully saturated rings. The molecule has 0 amide bonds. The molecular weight excluding hydrogens is 112 g/mol. The van der Waals surface area contributed by atoms with Crippen LogP contribution in [0.4, 0.5) is 0 Å². The van der Waals surface area contributed by atoms with Crippen LogP contribution in [0.2, 0.25) is 0 Å². The van der Waals surface area contributed by atoms with Crippen molar-refractivity contribution in [1.82, 2.24) is 0 Å². The van der Waals surface area contributed by atoms with E-state index in [9.17, 15) is 0 Å². The van der Waals surface area contributed by atoms with Crippen LogP contribution in [0.5, 0.6) is 0 Å². The van der Waals surface area contributed by atoms with Gasteiger partial charge in [0.25, 0.3) is 0 Å². The van der Waals surface area contributed by atoms with E-state index >= 15 is 0 Å². The molecule has 0 aromatic heterocycles. The van der Waals surface area contributed by atoms with E-state index in [0.29, 0.717) is 0 Å². The highest BCUT2D eigenvalue weighted by Gasteiger charge is 2.58. The molecular formula is C7H8N2. The number of rotatable bonds is 0. The van der Waals surface area contributed by atoms with Crippen molar-refractivity contribution in [2.24, 2.45) is 17.3 Å². The Kier molecular flexibility index (Phi) is 1.01. The molecule has 2 unspecified atom stereocenters. The van der Waals surface area contributed by atoms with E-state index in [1.165, 1.54) is 0 Å². The highest BCUT2D eigenvalue weighted by atomic mass is 14.6. The zero-order valence-electron chi connectivity index (χ0n) is 5.55. The van der Waals surface area contributed by atoms with Gasteiger partial charge in [-0.25, -0.2) is 0 Å². The largest absolute Gasteiger partial charge is 0.198 e. The number of hydrogen-bond donors (Lipinski definition) is 0. The Morgan fingerprint density at radius 1 is 1.11 bits per heavy atom. The molecule has 2 atom stereocenters. The Morgan fingerprint density at radius 2 is 1.44 bits per heavy atom. The van der Waals surface area contributed by atoms with Gasteiger partial charge >= 0.3 is 0 Å². The predicted octanol–water partition coefficient (Wildman–Crippen LogP) is 1.31. The number of hydrogen-bond acceptors (Lipinski definition) is 2. The summed E-state index contributed by atoms with van der Waals surface area (Å²) in [7, 11) is 0. The van der Waals surface area contributed by atoms with Crippen molar-refractivity contribution >= 4 is 0 Å². The third-order valence-electron chi connectivity index (χ3n) is 2.11. The summed E-state index contributed by atoms with van der Waals surface area (Å²) in [5.41, 5.74) is -0.0382. The van der Waals surface area contributed by atoms with Crippen LogP contribution in [0, 0.1) is 39.9 Å². The van der Waals surface area contributed by atoms with Crippen LogP contribution in [0.3, 0.4) is 0 Å². The molecule has 2 heteroatoms. The third-order valence-corrected chi connectivity index (χ3v) is 2.11. The van der Waals surface area contributed by atoms with Gasteiger partial charge < -0.3 is 0 Å². The van der Waals surface area contributed by atoms with E-state index in [1.807, 2.05) is 13.8 Å². The topological polar surface area (TPSA) is 47.6 Å². The molecule has 46 valence electrons. The van der Waals surface area contributed by atoms with E-state index in [0.717, 1.165) is 0 Å². The normalized spacial score (nSPS) is 36.4. The molecule has 0 saturated heterocycles. The summed E-state index contributed by atoms with van der Waals surface area (Å²) in [4.78, 5) is 0. The summed E-state index contributed by atoms with van der Waals surface area (Å²) >= 11 is 0. The van der Waals surface area contributed by atoms with Gasteiger partial charge in [-0.05, 0) is 5.41 Å². The highest BCUT2D eigenvalue weighted by Crippen LogP contribution is 2.57. The molecule has 2 nitrogen and oxygen atoms in total. The monoisotopic (exact) mass is 120 g/mol. The Bertz CT molecular complexity index is 182. The maximum Gasteiger partial charge on any atom is 0.0691 e. The van der Waals surface area contributed by atoms with E-state index in [1.54, 1.807) is 0 Å². The molecule has 1 saturated carbocycles. The van der Waals surface area contributed by atoms with Crippen LogP contribution in [0.15, 0.2) is 0 Å². The fourth-order valence-corrected chi connectivity index (χ4v) is 1.12. The van der Waals surface area contributed by atoms with Crippen molar-refractivity contribution < 1.29 is 0 Å². The summed E-state index contributed by atoms with van der Waals surface area (Å²) in [6, 6.07) is 4.22. The van der Waals surface area contributed by atoms with E-state index in [2.05, 4.69) is 12.1 Å². The Hall–Kier alpha value is -1.02. The van der Waals surface area contributed by atoms with Crippen LogP contribution in [0.25, 0.3) is 0 Å². The van der Waals surface area contributed by atoms with Crippen LogP contribution in [-0.4, -0.2) is 0 Å². The molecule has 1 aliphatic carbocycles. The van der Waals surface area contributed by atoms with Gasteiger partial charge in [0.1, 0.15) is 0 Å². The van der Waals surface area contributed by atoms with E-state index in [-0.39, 0.29) is 17.3 Å². The average molecular weight is 120 g/mol. The molecule has 0 radical (unpaired) electrons. The minimum absolute atomic E-state index is 0.0255. The maximum absolute atomic E-state index is 8.44. The first kappa shape index (κ1) is 6.11. The van der Waals surface area contributed by atoms with Gasteiger partial charge in [-0.2, -0.15) is 10.5 Å². The first-order valence-electron chi connectivity index (χ1n) is 2.94. The van der Waals surface area contributed by atoms with Gasteiger partial charge in [0.15, 0.2) is 0 Å². The lowest BCUT2D eigenvalue weighted by Crippen LogP contribution is -1.87. The minimum atomic E-state index is -0.0382. The van der Waals surface area contributed by atoms with Gasteiger partial charge in [-0.1, -0.05) is 13.8 Å². The first-order valence-corrected chi connectivity index (χ1v) is 2.94. The van der Waals surface area contributed by atoms with E-state index < -0.39 is 0 Å². The summed E-state index contributed by atoms with van der Waals surface area (Å²) in [5, 5.41) is 16.9. The van der Waals surface area contributed by atoms with E-state index in [4.69, 9.17) is 10.5 Å². The van der Waals surface area contributed by atoms with Gasteiger partial charge in [0.2, 0.25) is 0 Å². The lowest BCUT2D eigenvalue weighted by Gasteiger charge is -1.91. The van der Waals surface area contributed by atoms with Crippen LogP contribution < -0.4 is 0 Å². The lowest BCUT2D eigenvalue weighted by molar-refractivity contribution is 0.592. The summed E-state index contributed by atoms with van der Waals surface area (Å²) < 4.78 is 0. The minimum Gasteiger partial charge on any atom is -0.198 e. The highest BCUT2D eigenvalue weighted by molar-refractivity contribution is 5.22. The smallest absolute Gasteiger partial charge is 0.0691 e. The summed E-state index contributed by atoms with van der Waals surface area (Å²) in [6.07, 6.45) is 0. The van der Waals surface area contributed by atoms with Crippen LogP contribution in [-0.2, 0) is 0 Å². The van der Waals surface area contributed by atoms with Crippen LogP contribution >= 0.6 is 0 Å². The Morgan fingerprint density at radius 3 is 1.56 bits per heavy atom. The molecule has 0 bridgehead atoms. The first-order chi connectivity index (χ1) is 4.14. The predicted molar refractivity (Wildman–Crippen MR) is 32.0 cm³/mol. The van der Waals surface area contributed by atoms with Crippen LogP contribution in [0.1, 0.15) is 13.8 Å². The quantitative estimate of drug-likeness (QED) is 0.483. The van der Waals surface area contributed by atoms with Gasteiger partial charge in [-0.15, -0.1) is 0 Å². The third kappa shape index (κ3) is 0.600. The average Bonchev–Trinajstić information content (AvgIpc) is 2.32. The Balaban J connectivity index is 2.72. The van der Waals surface area contributed by atoms with Gasteiger partial charge in [0.05, 0.1) is 24.0 Å². The number of nitriles is 2. The second-order valence-electron chi connectivity index (χ2n) is 3.03. The molecule has 9 heavy (non-hydrogen) atoms. The fourth-order valence-electron chi connectivity index (χ4n) is 1.12. The zero-order valence-corrected chi connectivity index (χ0v) is 5.55. The molecule has 0 aromatic rings. The molecule has 0 aliphatic heterocycles. The van der Waals surface area contributed by atoms with Crippen molar-refractivity contribution in [3.8, 4) is 12.1 Å². The Labute approximate surface area is 54.7 Å². The van der Waals surface area contributed by atoms with Crippen molar-refractivity contribution in [2.45, 2.75) is 13.8 Å². The lowest BCUT2D eigenvalue weighted by atomic mass is 10.1. The second kappa shape index (κ2) is 1.48. The molecule has 0 aromatic carbocycles. The number of nitrogens with zero attached hydrogens (tertiary/aromatic N) is 2. The second-order valence-corrected chi connectivity index (χ2v) is 3.03. The van der Waals surface area contributed by atoms with Crippen molar-refractivity contribution in [2.75, 3.05) is 0 Å². The molecule has 0 N–H and O–H groups in total. The standard InChI is InChI=1S/C7H8N2/c1-7(2)5(3-8)6(7)4-9/h5-6H,1-2H3. The van der Waals surface area contributed by atoms with Crippen molar-refractivity contribution in [1.29, 1.82) is 10.5 Å². The van der Waals surface area contributed by atoms with Crippen molar-refractivity contribution in [3.63, 3.8) is 0 Å². The molecule has 1 rings (SSSR count). The van der Waals surface area contributed by atoms with Gasteiger partial charge in [0, 0.05) is 0 Å². The zero-order chi connectivity index (χ0) is 7.07. The molecule has 1 aliphatic rings. The molecule has 0 spiro atoms. The summed E-state index contributed by atoms with van der Waals surface area (Å²) in [6.45, 7) is 3.91. The molecule has 0 heterocycles. The fraction of sp³-hybridized carbons (Fsp3) is 0.714. The summed E-state index contributed by atoms with van der Waals surface area (Å²) in [5.74, 6) is -0.0509. The maximum atomic E-state index is 8.44. The van der Waals surface area contributed by atoms with Gasteiger partial charge in [-0.3, -0.25) is 0 Å². The van der Waals surface area contributed by atoms with Crippen molar-refractivity contribution in [3.05, 3.63) is 0 Å². The SMILES string of the molecule is CC1(C)C(C#N)C1C#N.